The molecule has 0 bridgehead atoms. The molecule has 0 atom stereocenters. The van der Waals surface area contributed by atoms with Gasteiger partial charge in [0.2, 0.25) is 0 Å². The van der Waals surface area contributed by atoms with Gasteiger partial charge in [-0.05, 0) is 24.6 Å². The minimum Gasteiger partial charge on any atom is -0.221 e. The fourth-order valence-corrected chi connectivity index (χ4v) is 3.32. The summed E-state index contributed by atoms with van der Waals surface area (Å²) in [7, 11) is 0. The molecule has 0 unspecified atom stereocenters. The first-order valence-electron chi connectivity index (χ1n) is 5.81. The predicted molar refractivity (Wildman–Crippen MR) is 69.7 cm³/mol. The summed E-state index contributed by atoms with van der Waals surface area (Å²) in [5, 5.41) is 1.23. The van der Waals surface area contributed by atoms with Crippen molar-refractivity contribution >= 4 is 22.6 Å². The van der Waals surface area contributed by atoms with Crippen LogP contribution in [0.3, 0.4) is 0 Å². The second kappa shape index (κ2) is 4.42. The van der Waals surface area contributed by atoms with Crippen LogP contribution in [0.5, 0.6) is 0 Å². The molecular formula is C13H15N2S+. The van der Waals surface area contributed by atoms with E-state index in [1.807, 2.05) is 11.8 Å². The fourth-order valence-electron chi connectivity index (χ4n) is 2.19. The largest absolute Gasteiger partial charge is 0.354 e. The Morgan fingerprint density at radius 2 is 2.00 bits per heavy atom. The zero-order valence-corrected chi connectivity index (χ0v) is 10.0. The van der Waals surface area contributed by atoms with Gasteiger partial charge in [-0.3, -0.25) is 0 Å². The van der Waals surface area contributed by atoms with Crippen molar-refractivity contribution in [3.8, 4) is 0 Å². The van der Waals surface area contributed by atoms with Crippen LogP contribution < -0.4 is 0 Å². The number of nitrogens with zero attached hydrogens (tertiary/aromatic N) is 2. The quantitative estimate of drug-likeness (QED) is 0.677. The molecule has 1 aromatic carbocycles. The molecule has 2 aliphatic heterocycles. The first-order chi connectivity index (χ1) is 7.95. The second-order valence-corrected chi connectivity index (χ2v) is 5.07. The lowest BCUT2D eigenvalue weighted by molar-refractivity contribution is -0.399. The van der Waals surface area contributed by atoms with Gasteiger partial charge in [-0.2, -0.15) is 0 Å². The van der Waals surface area contributed by atoms with Gasteiger partial charge < -0.3 is 0 Å². The maximum atomic E-state index is 4.65. The van der Waals surface area contributed by atoms with E-state index in [1.54, 1.807) is 0 Å². The molecule has 0 aliphatic carbocycles. The maximum Gasteiger partial charge on any atom is 0.354 e. The van der Waals surface area contributed by atoms with Crippen molar-refractivity contribution in [1.82, 2.24) is 0 Å². The SMILES string of the molecule is c1ccc(C2=[N+]3CCCCN=C3SC2)cc1. The van der Waals surface area contributed by atoms with Gasteiger partial charge in [0.05, 0.1) is 12.3 Å². The van der Waals surface area contributed by atoms with Crippen LogP contribution >= 0.6 is 11.8 Å². The lowest BCUT2D eigenvalue weighted by Crippen LogP contribution is -2.21. The summed E-state index contributed by atoms with van der Waals surface area (Å²) in [5.74, 6) is 1.07. The van der Waals surface area contributed by atoms with Gasteiger partial charge in [0.1, 0.15) is 12.3 Å². The Morgan fingerprint density at radius 3 is 2.88 bits per heavy atom. The molecule has 2 heterocycles. The van der Waals surface area contributed by atoms with Crippen molar-refractivity contribution in [3.63, 3.8) is 0 Å². The van der Waals surface area contributed by atoms with Crippen LogP contribution in [0.15, 0.2) is 35.3 Å². The highest BCUT2D eigenvalue weighted by molar-refractivity contribution is 8.14. The molecule has 2 nitrogen and oxygen atoms in total. The molecular weight excluding hydrogens is 216 g/mol. The molecule has 0 amide bonds. The topological polar surface area (TPSA) is 15.4 Å². The summed E-state index contributed by atoms with van der Waals surface area (Å²) < 4.78 is 2.41. The number of thioether (sulfide) groups is 1. The zero-order chi connectivity index (χ0) is 10.8. The summed E-state index contributed by atoms with van der Waals surface area (Å²) in [6.45, 7) is 2.14. The van der Waals surface area contributed by atoms with E-state index in [-0.39, 0.29) is 0 Å². The fraction of sp³-hybridized carbons (Fsp3) is 0.385. The summed E-state index contributed by atoms with van der Waals surface area (Å²) in [4.78, 5) is 4.65. The van der Waals surface area contributed by atoms with Gasteiger partial charge in [0, 0.05) is 5.56 Å². The molecule has 0 radical (unpaired) electrons. The van der Waals surface area contributed by atoms with Crippen LogP contribution in [0.25, 0.3) is 0 Å². The monoisotopic (exact) mass is 231 g/mol. The molecule has 3 heteroatoms. The Labute approximate surface area is 100 Å². The van der Waals surface area contributed by atoms with Gasteiger partial charge in [0.15, 0.2) is 0 Å². The maximum absolute atomic E-state index is 4.65. The van der Waals surface area contributed by atoms with Crippen LogP contribution in [-0.2, 0) is 0 Å². The lowest BCUT2D eigenvalue weighted by atomic mass is 10.1. The first-order valence-corrected chi connectivity index (χ1v) is 6.80. The summed E-state index contributed by atoms with van der Waals surface area (Å²) >= 11 is 1.88. The van der Waals surface area contributed by atoms with Crippen molar-refractivity contribution in [2.24, 2.45) is 4.99 Å². The van der Waals surface area contributed by atoms with E-state index >= 15 is 0 Å². The van der Waals surface area contributed by atoms with Crippen molar-refractivity contribution < 1.29 is 4.58 Å². The molecule has 1 aromatic rings. The second-order valence-electron chi connectivity index (χ2n) is 4.12. The summed E-state index contributed by atoms with van der Waals surface area (Å²) in [5.41, 5.74) is 2.79. The van der Waals surface area contributed by atoms with Gasteiger partial charge in [-0.25, -0.2) is 4.58 Å². The van der Waals surface area contributed by atoms with E-state index in [4.69, 9.17) is 0 Å². The molecule has 0 saturated carbocycles. The van der Waals surface area contributed by atoms with Crippen LogP contribution in [0.4, 0.5) is 0 Å². The number of amidine groups is 1. The average molecular weight is 231 g/mol. The van der Waals surface area contributed by atoms with Crippen LogP contribution in [0, 0.1) is 0 Å². The molecule has 3 rings (SSSR count). The van der Waals surface area contributed by atoms with E-state index in [9.17, 15) is 0 Å². The van der Waals surface area contributed by atoms with E-state index < -0.39 is 0 Å². The Bertz CT molecular complexity index is 448. The Balaban J connectivity index is 2.04. The minimum atomic E-state index is 1.00. The van der Waals surface area contributed by atoms with E-state index in [2.05, 4.69) is 39.9 Å². The normalized spacial score (nSPS) is 20.4. The highest BCUT2D eigenvalue weighted by Crippen LogP contribution is 2.21. The standard InChI is InChI=1S/C13H15N2S/c1-2-6-11(7-3-1)12-10-16-13-14-8-4-5-9-15(12)13/h1-3,6-7H,4-5,8-10H2/q+1. The molecule has 0 spiro atoms. The molecule has 16 heavy (non-hydrogen) atoms. The van der Waals surface area contributed by atoms with Crippen molar-refractivity contribution in [2.45, 2.75) is 12.8 Å². The highest BCUT2D eigenvalue weighted by atomic mass is 32.2. The number of benzene rings is 1. The Morgan fingerprint density at radius 1 is 1.12 bits per heavy atom. The number of hydrogen-bond donors (Lipinski definition) is 0. The van der Waals surface area contributed by atoms with Crippen LogP contribution in [0.2, 0.25) is 0 Å². The van der Waals surface area contributed by atoms with E-state index in [0.717, 1.165) is 18.8 Å². The van der Waals surface area contributed by atoms with Gasteiger partial charge in [0.25, 0.3) is 0 Å². The van der Waals surface area contributed by atoms with Crippen molar-refractivity contribution in [1.29, 1.82) is 0 Å². The zero-order valence-electron chi connectivity index (χ0n) is 9.22. The number of rotatable bonds is 1. The van der Waals surface area contributed by atoms with Gasteiger partial charge >= 0.3 is 5.17 Å². The highest BCUT2D eigenvalue weighted by Gasteiger charge is 2.30. The van der Waals surface area contributed by atoms with E-state index in [1.165, 1.54) is 29.3 Å². The minimum absolute atomic E-state index is 1.00. The van der Waals surface area contributed by atoms with Crippen molar-refractivity contribution in [3.05, 3.63) is 35.9 Å². The lowest BCUT2D eigenvalue weighted by Gasteiger charge is -2.02. The smallest absolute Gasteiger partial charge is 0.221 e. The third-order valence-corrected chi connectivity index (χ3v) is 4.06. The van der Waals surface area contributed by atoms with Gasteiger partial charge in [-0.1, -0.05) is 35.3 Å². The van der Waals surface area contributed by atoms with Crippen LogP contribution in [-0.4, -0.2) is 34.3 Å². The molecule has 0 N–H and O–H groups in total. The van der Waals surface area contributed by atoms with Crippen LogP contribution in [0.1, 0.15) is 18.4 Å². The van der Waals surface area contributed by atoms with E-state index in [0.29, 0.717) is 0 Å². The predicted octanol–water partition coefficient (Wildman–Crippen LogP) is 2.38. The molecule has 0 fully saturated rings. The summed E-state index contributed by atoms with van der Waals surface area (Å²) in [6.07, 6.45) is 2.48. The number of hydrogen-bond acceptors (Lipinski definition) is 2. The molecule has 2 aliphatic rings. The third-order valence-electron chi connectivity index (χ3n) is 3.04. The Kier molecular flexibility index (Phi) is 2.79. The average Bonchev–Trinajstić information content (AvgIpc) is 2.60. The number of fused-ring (bicyclic) bond motifs is 1. The molecule has 82 valence electrons. The number of aliphatic imine (C=N–C) groups is 1. The first kappa shape index (κ1) is 10.1. The van der Waals surface area contributed by atoms with Crippen molar-refractivity contribution in [2.75, 3.05) is 18.8 Å². The van der Waals surface area contributed by atoms with Gasteiger partial charge in [-0.15, -0.1) is 0 Å². The Hall–Kier alpha value is -1.09. The summed E-state index contributed by atoms with van der Waals surface area (Å²) in [6, 6.07) is 10.7. The molecule has 0 saturated heterocycles. The molecule has 0 aromatic heterocycles. The third kappa shape index (κ3) is 1.80.